The average Bonchev–Trinajstić information content (AvgIpc) is 1.89. The summed E-state index contributed by atoms with van der Waals surface area (Å²) in [6.07, 6.45) is 1.51. The zero-order chi connectivity index (χ0) is 6.69. The average molecular weight is 121 g/mol. The van der Waals surface area contributed by atoms with E-state index >= 15 is 0 Å². The van der Waals surface area contributed by atoms with E-state index in [-0.39, 0.29) is 11.6 Å². The minimum atomic E-state index is -0.187. The molecule has 0 N–H and O–H groups in total. The van der Waals surface area contributed by atoms with E-state index in [0.29, 0.717) is 0 Å². The summed E-state index contributed by atoms with van der Waals surface area (Å²) in [7, 11) is 0. The van der Waals surface area contributed by atoms with E-state index in [1.807, 2.05) is 0 Å². The minimum absolute atomic E-state index is 0.164. The van der Waals surface area contributed by atoms with Gasteiger partial charge in [-0.25, -0.2) is 0 Å². The molecule has 0 unspecified atom stereocenters. The number of pyridine rings is 1. The van der Waals surface area contributed by atoms with E-state index in [2.05, 4.69) is 16.7 Å². The molecule has 1 aromatic heterocycles. The lowest BCUT2D eigenvalue weighted by molar-refractivity contribution is -0.267. The van der Waals surface area contributed by atoms with E-state index in [0.717, 1.165) is 0 Å². The molecule has 3 heteroatoms. The first-order valence-corrected chi connectivity index (χ1v) is 2.43. The van der Waals surface area contributed by atoms with Crippen molar-refractivity contribution >= 4 is 12.5 Å². The molecule has 3 nitrogen and oxygen atoms in total. The standard InChI is InChI=1S/C6H6N2O/c1-7-6-5(9)3-2-4-8-6/h2-4,9H,1H2/q+1/p-1. The third-order valence-electron chi connectivity index (χ3n) is 0.901. The van der Waals surface area contributed by atoms with Gasteiger partial charge >= 0.3 is 5.82 Å². The van der Waals surface area contributed by atoms with Gasteiger partial charge in [0, 0.05) is 0 Å². The van der Waals surface area contributed by atoms with Crippen molar-refractivity contribution < 1.29 is 5.11 Å². The molecule has 0 bridgehead atoms. The van der Waals surface area contributed by atoms with Crippen LogP contribution in [0.1, 0.15) is 0 Å². The summed E-state index contributed by atoms with van der Waals surface area (Å²) in [5.74, 6) is -0.0231. The van der Waals surface area contributed by atoms with Crippen molar-refractivity contribution in [2.75, 3.05) is 0 Å². The molecule has 1 rings (SSSR count). The highest BCUT2D eigenvalue weighted by atomic mass is 16.3. The molecule has 0 aliphatic rings. The van der Waals surface area contributed by atoms with Crippen LogP contribution in [-0.4, -0.2) is 11.7 Å². The Morgan fingerprint density at radius 3 is 2.89 bits per heavy atom. The lowest BCUT2D eigenvalue weighted by atomic mass is 10.4. The van der Waals surface area contributed by atoms with Crippen LogP contribution in [0.25, 0.3) is 0 Å². The first-order chi connectivity index (χ1) is 4.34. The number of aromatic nitrogens is 1. The highest BCUT2D eigenvalue weighted by Crippen LogP contribution is 2.11. The van der Waals surface area contributed by atoms with Gasteiger partial charge in [0.2, 0.25) is 0 Å². The fraction of sp³-hybridized carbons (Fsp3) is 0. The van der Waals surface area contributed by atoms with Crippen LogP contribution in [0, 0.1) is 0 Å². The van der Waals surface area contributed by atoms with E-state index in [1.165, 1.54) is 12.3 Å². The van der Waals surface area contributed by atoms with Gasteiger partial charge in [0.15, 0.2) is 0 Å². The van der Waals surface area contributed by atoms with E-state index in [9.17, 15) is 5.11 Å². The Morgan fingerprint density at radius 2 is 2.44 bits per heavy atom. The van der Waals surface area contributed by atoms with Crippen molar-refractivity contribution in [3.05, 3.63) is 18.3 Å². The number of nitrogens with zero attached hydrogens (tertiary/aromatic N) is 2. The highest BCUT2D eigenvalue weighted by molar-refractivity contribution is 5.45. The Morgan fingerprint density at radius 1 is 1.67 bits per heavy atom. The van der Waals surface area contributed by atoms with E-state index < -0.39 is 0 Å². The zero-order valence-corrected chi connectivity index (χ0v) is 4.74. The first-order valence-electron chi connectivity index (χ1n) is 2.43. The lowest BCUT2D eigenvalue weighted by Crippen LogP contribution is -1.94. The summed E-state index contributed by atoms with van der Waals surface area (Å²) in [6.45, 7) is 3.18. The maximum atomic E-state index is 10.7. The van der Waals surface area contributed by atoms with E-state index in [4.69, 9.17) is 0 Å². The molecule has 0 saturated carbocycles. The second-order valence-electron chi connectivity index (χ2n) is 1.48. The van der Waals surface area contributed by atoms with Crippen LogP contribution in [0.15, 0.2) is 18.3 Å². The predicted octanol–water partition coefficient (Wildman–Crippen LogP) is -0.177. The third kappa shape index (κ3) is 1.05. The van der Waals surface area contributed by atoms with Crippen LogP contribution < -0.4 is 10.1 Å². The fourth-order valence-corrected chi connectivity index (χ4v) is 0.501. The summed E-state index contributed by atoms with van der Waals surface area (Å²) in [5.41, 5.74) is 0. The maximum absolute atomic E-state index is 10.7. The summed E-state index contributed by atoms with van der Waals surface area (Å²) >= 11 is 0. The number of hydrogen-bond acceptors (Lipinski definition) is 3. The van der Waals surface area contributed by atoms with Crippen molar-refractivity contribution in [2.24, 2.45) is 0 Å². The van der Waals surface area contributed by atoms with Crippen LogP contribution in [0.2, 0.25) is 0 Å². The number of aliphatic imine (C=N–C) groups is 1. The Hall–Kier alpha value is -1.38. The van der Waals surface area contributed by atoms with Gasteiger partial charge < -0.3 is 5.11 Å². The first kappa shape index (κ1) is 5.75. The number of hydrogen-bond donors (Lipinski definition) is 0. The summed E-state index contributed by atoms with van der Waals surface area (Å²) in [4.78, 5) is 7.05. The maximum Gasteiger partial charge on any atom is 0.354 e. The zero-order valence-electron chi connectivity index (χ0n) is 4.74. The molecule has 0 saturated heterocycles. The smallest absolute Gasteiger partial charge is 0.354 e. The number of rotatable bonds is 1. The molecule has 0 amide bonds. The Balaban J connectivity index is 3.15. The lowest BCUT2D eigenvalue weighted by Gasteiger charge is -1.96. The SMILES string of the molecule is C=[N+]c1ncccc1[O-]. The fourth-order valence-electron chi connectivity index (χ4n) is 0.501. The molecule has 0 fully saturated rings. The van der Waals surface area contributed by atoms with Crippen LogP contribution in [0.5, 0.6) is 5.75 Å². The Labute approximate surface area is 52.7 Å². The van der Waals surface area contributed by atoms with Crippen LogP contribution >= 0.6 is 0 Å². The molecule has 0 spiro atoms. The van der Waals surface area contributed by atoms with Gasteiger partial charge in [0.1, 0.15) is 12.9 Å². The molecular weight excluding hydrogens is 116 g/mol. The van der Waals surface area contributed by atoms with Crippen molar-refractivity contribution in [3.8, 4) is 5.75 Å². The van der Waals surface area contributed by atoms with Gasteiger partial charge in [-0.3, -0.25) is 0 Å². The van der Waals surface area contributed by atoms with Gasteiger partial charge in [0.25, 0.3) is 0 Å². The van der Waals surface area contributed by atoms with Gasteiger partial charge in [-0.1, -0.05) is 11.1 Å². The molecule has 0 aliphatic carbocycles. The topological polar surface area (TPSA) is 50.0 Å². The molecule has 0 aliphatic heterocycles. The molecule has 1 heterocycles. The van der Waals surface area contributed by atoms with Gasteiger partial charge in [-0.15, -0.1) is 0 Å². The van der Waals surface area contributed by atoms with Crippen molar-refractivity contribution in [1.29, 1.82) is 0 Å². The van der Waals surface area contributed by atoms with Gasteiger partial charge in [-0.05, 0) is 16.8 Å². The van der Waals surface area contributed by atoms with Crippen molar-refractivity contribution in [2.45, 2.75) is 0 Å². The molecule has 1 radical (unpaired) electrons. The Bertz CT molecular complexity index is 222. The normalized spacial score (nSPS) is 8.89. The summed E-state index contributed by atoms with van der Waals surface area (Å²) < 4.78 is 0. The van der Waals surface area contributed by atoms with E-state index in [1.54, 1.807) is 6.07 Å². The molecule has 0 aromatic carbocycles. The highest BCUT2D eigenvalue weighted by Gasteiger charge is 1.98. The molecular formula is C6H5N2O. The minimum Gasteiger partial charge on any atom is -0.867 e. The van der Waals surface area contributed by atoms with Crippen LogP contribution in [-0.2, 0) is 0 Å². The van der Waals surface area contributed by atoms with Crippen molar-refractivity contribution in [1.82, 2.24) is 9.98 Å². The largest absolute Gasteiger partial charge is 0.867 e. The monoisotopic (exact) mass is 121 g/mol. The molecule has 0 atom stereocenters. The third-order valence-corrected chi connectivity index (χ3v) is 0.901. The molecule has 9 heavy (non-hydrogen) atoms. The van der Waals surface area contributed by atoms with Gasteiger partial charge in [-0.2, -0.15) is 0 Å². The second-order valence-corrected chi connectivity index (χ2v) is 1.48. The second kappa shape index (κ2) is 2.26. The Kier molecular flexibility index (Phi) is 1.44. The molecule has 1 aromatic rings. The quantitative estimate of drug-likeness (QED) is 0.484. The van der Waals surface area contributed by atoms with Crippen LogP contribution in [0.4, 0.5) is 5.82 Å². The summed E-state index contributed by atoms with van der Waals surface area (Å²) in [6, 6.07) is 2.97. The molecule has 45 valence electrons. The van der Waals surface area contributed by atoms with Gasteiger partial charge in [0.05, 0.1) is 0 Å². The van der Waals surface area contributed by atoms with Crippen molar-refractivity contribution in [3.63, 3.8) is 0 Å². The van der Waals surface area contributed by atoms with Crippen LogP contribution in [0.3, 0.4) is 0 Å². The predicted molar refractivity (Wildman–Crippen MR) is 32.6 cm³/mol. The summed E-state index contributed by atoms with van der Waals surface area (Å²) in [5, 5.41) is 10.7.